The zero-order chi connectivity index (χ0) is 19.9. The van der Waals surface area contributed by atoms with E-state index in [1.165, 1.54) is 24.0 Å². The number of alkyl halides is 3. The molecule has 1 fully saturated rings. The Morgan fingerprint density at radius 1 is 1.19 bits per heavy atom. The molecule has 1 N–H and O–H groups in total. The molecule has 0 spiro atoms. The first-order chi connectivity index (χ1) is 12.8. The van der Waals surface area contributed by atoms with Crippen molar-refractivity contribution < 1.29 is 27.5 Å². The fourth-order valence-electron chi connectivity index (χ4n) is 2.78. The van der Waals surface area contributed by atoms with Gasteiger partial charge in [0.2, 0.25) is 11.8 Å². The van der Waals surface area contributed by atoms with Gasteiger partial charge in [-0.1, -0.05) is 0 Å². The SMILES string of the molecule is CC(=O)N(CCC(=O)NCCN1CCOCC1)c1ccc(C(F)(F)F)cc1. The van der Waals surface area contributed by atoms with Crippen molar-refractivity contribution >= 4 is 17.5 Å². The second-order valence-electron chi connectivity index (χ2n) is 6.27. The number of carbonyl (C=O) groups is 2. The smallest absolute Gasteiger partial charge is 0.379 e. The molecule has 0 saturated carbocycles. The summed E-state index contributed by atoms with van der Waals surface area (Å²) in [6.07, 6.45) is -4.36. The minimum absolute atomic E-state index is 0.0731. The Bertz CT molecular complexity index is 629. The fraction of sp³-hybridized carbons (Fsp3) is 0.556. The van der Waals surface area contributed by atoms with Gasteiger partial charge in [0.25, 0.3) is 0 Å². The van der Waals surface area contributed by atoms with Gasteiger partial charge in [-0.05, 0) is 24.3 Å². The molecule has 9 heteroatoms. The third-order valence-electron chi connectivity index (χ3n) is 4.30. The van der Waals surface area contributed by atoms with Crippen LogP contribution in [0.5, 0.6) is 0 Å². The molecule has 1 aliphatic heterocycles. The lowest BCUT2D eigenvalue weighted by molar-refractivity contribution is -0.137. The summed E-state index contributed by atoms with van der Waals surface area (Å²) in [6, 6.07) is 4.32. The van der Waals surface area contributed by atoms with Crippen LogP contribution in [0, 0.1) is 0 Å². The molecular weight excluding hydrogens is 363 g/mol. The van der Waals surface area contributed by atoms with E-state index in [1.807, 2.05) is 0 Å². The van der Waals surface area contributed by atoms with Crippen molar-refractivity contribution in [2.24, 2.45) is 0 Å². The van der Waals surface area contributed by atoms with Gasteiger partial charge in [0.05, 0.1) is 18.8 Å². The molecule has 1 aliphatic rings. The normalized spacial score (nSPS) is 15.4. The summed E-state index contributed by atoms with van der Waals surface area (Å²) in [5.41, 5.74) is -0.452. The number of nitrogens with zero attached hydrogens (tertiary/aromatic N) is 2. The zero-order valence-corrected chi connectivity index (χ0v) is 15.2. The van der Waals surface area contributed by atoms with Gasteiger partial charge in [0, 0.05) is 51.8 Å². The highest BCUT2D eigenvalue weighted by atomic mass is 19.4. The summed E-state index contributed by atoms with van der Waals surface area (Å²) in [4.78, 5) is 27.3. The summed E-state index contributed by atoms with van der Waals surface area (Å²) in [5, 5.41) is 2.80. The lowest BCUT2D eigenvalue weighted by Crippen LogP contribution is -2.42. The van der Waals surface area contributed by atoms with Crippen LogP contribution in [0.3, 0.4) is 0 Å². The molecule has 0 aromatic heterocycles. The minimum Gasteiger partial charge on any atom is -0.379 e. The number of carbonyl (C=O) groups excluding carboxylic acids is 2. The maximum Gasteiger partial charge on any atom is 0.416 e. The third kappa shape index (κ3) is 6.84. The first-order valence-electron chi connectivity index (χ1n) is 8.79. The predicted octanol–water partition coefficient (Wildman–Crippen LogP) is 1.90. The highest BCUT2D eigenvalue weighted by Gasteiger charge is 2.30. The second kappa shape index (κ2) is 9.70. The van der Waals surface area contributed by atoms with Crippen molar-refractivity contribution in [2.75, 3.05) is 50.8 Å². The van der Waals surface area contributed by atoms with Gasteiger partial charge in [-0.15, -0.1) is 0 Å². The van der Waals surface area contributed by atoms with Gasteiger partial charge in [-0.2, -0.15) is 13.2 Å². The van der Waals surface area contributed by atoms with Gasteiger partial charge in [0.15, 0.2) is 0 Å². The molecule has 2 amide bonds. The van der Waals surface area contributed by atoms with E-state index >= 15 is 0 Å². The van der Waals surface area contributed by atoms with E-state index < -0.39 is 11.7 Å². The number of rotatable bonds is 7. The molecule has 0 radical (unpaired) electrons. The number of nitrogens with one attached hydrogen (secondary N) is 1. The number of morpholine rings is 1. The van der Waals surface area contributed by atoms with E-state index in [9.17, 15) is 22.8 Å². The van der Waals surface area contributed by atoms with E-state index in [1.54, 1.807) is 0 Å². The van der Waals surface area contributed by atoms with Crippen LogP contribution in [0.2, 0.25) is 0 Å². The molecule has 0 atom stereocenters. The zero-order valence-electron chi connectivity index (χ0n) is 15.2. The molecule has 0 unspecified atom stereocenters. The maximum atomic E-state index is 12.6. The van der Waals surface area contributed by atoms with Gasteiger partial charge in [0.1, 0.15) is 0 Å². The van der Waals surface area contributed by atoms with Crippen molar-refractivity contribution in [1.82, 2.24) is 10.2 Å². The van der Waals surface area contributed by atoms with Crippen LogP contribution in [0.15, 0.2) is 24.3 Å². The highest BCUT2D eigenvalue weighted by molar-refractivity contribution is 5.92. The quantitative estimate of drug-likeness (QED) is 0.776. The molecule has 1 aromatic rings. The standard InChI is InChI=1S/C18H24F3N3O3/c1-14(25)24(16-4-2-15(3-5-16)18(19,20)21)8-6-17(26)22-7-9-23-10-12-27-13-11-23/h2-5H,6-13H2,1H3,(H,22,26). The van der Waals surface area contributed by atoms with Crippen LogP contribution in [-0.2, 0) is 20.5 Å². The molecule has 1 saturated heterocycles. The minimum atomic E-state index is -4.43. The van der Waals surface area contributed by atoms with Crippen LogP contribution < -0.4 is 10.2 Å². The topological polar surface area (TPSA) is 61.9 Å². The largest absolute Gasteiger partial charge is 0.416 e. The van der Waals surface area contributed by atoms with Crippen LogP contribution in [0.25, 0.3) is 0 Å². The fourth-order valence-corrected chi connectivity index (χ4v) is 2.78. The average Bonchev–Trinajstić information content (AvgIpc) is 2.62. The highest BCUT2D eigenvalue weighted by Crippen LogP contribution is 2.30. The summed E-state index contributed by atoms with van der Waals surface area (Å²) in [7, 11) is 0. The molecule has 6 nitrogen and oxygen atoms in total. The Morgan fingerprint density at radius 2 is 1.81 bits per heavy atom. The Labute approximate surface area is 156 Å². The lowest BCUT2D eigenvalue weighted by Gasteiger charge is -2.26. The summed E-state index contributed by atoms with van der Waals surface area (Å²) in [6.45, 7) is 5.69. The molecule has 150 valence electrons. The Kier molecular flexibility index (Phi) is 7.61. The lowest BCUT2D eigenvalue weighted by atomic mass is 10.2. The second-order valence-corrected chi connectivity index (χ2v) is 6.27. The van der Waals surface area contributed by atoms with Crippen LogP contribution >= 0.6 is 0 Å². The number of halogens is 3. The van der Waals surface area contributed by atoms with Crippen LogP contribution in [0.4, 0.5) is 18.9 Å². The molecule has 0 aliphatic carbocycles. The van der Waals surface area contributed by atoms with E-state index in [0.717, 1.165) is 31.8 Å². The van der Waals surface area contributed by atoms with Crippen LogP contribution in [-0.4, -0.2) is 62.7 Å². The summed E-state index contributed by atoms with van der Waals surface area (Å²) < 4.78 is 43.2. The average molecular weight is 387 g/mol. The maximum absolute atomic E-state index is 12.6. The van der Waals surface area contributed by atoms with Crippen LogP contribution in [0.1, 0.15) is 18.9 Å². The van der Waals surface area contributed by atoms with Crippen molar-refractivity contribution in [3.63, 3.8) is 0 Å². The number of benzene rings is 1. The first kappa shape index (κ1) is 21.2. The first-order valence-corrected chi connectivity index (χ1v) is 8.79. The Balaban J connectivity index is 1.81. The van der Waals surface area contributed by atoms with Gasteiger partial charge in [-0.25, -0.2) is 0 Å². The van der Waals surface area contributed by atoms with Gasteiger partial charge >= 0.3 is 6.18 Å². The number of hydrogen-bond donors (Lipinski definition) is 1. The Morgan fingerprint density at radius 3 is 2.37 bits per heavy atom. The molecule has 2 rings (SSSR count). The predicted molar refractivity (Wildman–Crippen MR) is 94.4 cm³/mol. The number of anilines is 1. The number of amides is 2. The molecular formula is C18H24F3N3O3. The third-order valence-corrected chi connectivity index (χ3v) is 4.30. The van der Waals surface area contributed by atoms with E-state index in [2.05, 4.69) is 10.2 Å². The monoisotopic (exact) mass is 387 g/mol. The molecule has 27 heavy (non-hydrogen) atoms. The van der Waals surface area contributed by atoms with Crippen molar-refractivity contribution in [3.05, 3.63) is 29.8 Å². The summed E-state index contributed by atoms with van der Waals surface area (Å²) in [5.74, 6) is -0.544. The van der Waals surface area contributed by atoms with Crippen molar-refractivity contribution in [1.29, 1.82) is 0 Å². The summed E-state index contributed by atoms with van der Waals surface area (Å²) >= 11 is 0. The molecule has 0 bridgehead atoms. The molecule has 1 heterocycles. The number of ether oxygens (including phenoxy) is 1. The Hall–Kier alpha value is -2.13. The van der Waals surface area contributed by atoms with Crippen molar-refractivity contribution in [3.8, 4) is 0 Å². The van der Waals surface area contributed by atoms with E-state index in [0.29, 0.717) is 25.4 Å². The number of hydrogen-bond acceptors (Lipinski definition) is 4. The van der Waals surface area contributed by atoms with E-state index in [4.69, 9.17) is 4.74 Å². The van der Waals surface area contributed by atoms with Crippen molar-refractivity contribution in [2.45, 2.75) is 19.5 Å². The van der Waals surface area contributed by atoms with E-state index in [-0.39, 0.29) is 24.8 Å². The molecule has 1 aromatic carbocycles. The van der Waals surface area contributed by atoms with Gasteiger partial charge in [-0.3, -0.25) is 14.5 Å². The van der Waals surface area contributed by atoms with Gasteiger partial charge < -0.3 is 15.0 Å².